The lowest BCUT2D eigenvalue weighted by Crippen LogP contribution is -2.58. The number of carbonyl (C=O) groups is 2. The van der Waals surface area contributed by atoms with Crippen LogP contribution in [-0.4, -0.2) is 121 Å². The van der Waals surface area contributed by atoms with Crippen LogP contribution in [0.1, 0.15) is 0 Å². The van der Waals surface area contributed by atoms with E-state index in [0.717, 1.165) is 0 Å². The lowest BCUT2D eigenvalue weighted by Gasteiger charge is -2.39. The van der Waals surface area contributed by atoms with Gasteiger partial charge in [-0.3, -0.25) is 19.6 Å². The third-order valence-corrected chi connectivity index (χ3v) is 5.89. The van der Waals surface area contributed by atoms with Crippen LogP contribution in [0.2, 0.25) is 0 Å². The first-order valence-corrected chi connectivity index (χ1v) is 9.29. The molecule has 6 saturated heterocycles. The summed E-state index contributed by atoms with van der Waals surface area (Å²) in [5.41, 5.74) is 0. The molecule has 4 amide bonds. The van der Waals surface area contributed by atoms with E-state index >= 15 is 0 Å². The molecule has 6 fully saturated rings. The Bertz CT molecular complexity index is 620. The van der Waals surface area contributed by atoms with Crippen molar-refractivity contribution in [3.8, 4) is 0 Å². The van der Waals surface area contributed by atoms with Gasteiger partial charge in [0.1, 0.15) is 12.3 Å². The zero-order valence-electron chi connectivity index (χ0n) is 14.4. The number of carbonyl (C=O) groups excluding carboxylic acids is 2. The van der Waals surface area contributed by atoms with E-state index < -0.39 is 0 Å². The molecule has 0 aromatic heterocycles. The maximum atomic E-state index is 13.2. The largest absolute Gasteiger partial charge is 0.377 e. The number of hydrogen-bond donors (Lipinski definition) is 0. The van der Waals surface area contributed by atoms with Crippen LogP contribution in [0.3, 0.4) is 0 Å². The van der Waals surface area contributed by atoms with Crippen LogP contribution >= 0.6 is 0 Å². The molecule has 0 radical (unpaired) electrons. The third-order valence-electron chi connectivity index (χ3n) is 5.89. The molecule has 6 aliphatic rings. The number of amides is 4. The summed E-state index contributed by atoms with van der Waals surface area (Å²) in [6, 6.07) is -0.0437. The highest BCUT2D eigenvalue weighted by molar-refractivity contribution is 5.85. The molecule has 0 N–H and O–H groups in total. The van der Waals surface area contributed by atoms with Gasteiger partial charge in [0.05, 0.1) is 77.0 Å². The first-order valence-electron chi connectivity index (χ1n) is 9.29. The van der Waals surface area contributed by atoms with E-state index in [1.807, 2.05) is 19.6 Å². The van der Waals surface area contributed by atoms with E-state index in [9.17, 15) is 9.59 Å². The summed E-state index contributed by atoms with van der Waals surface area (Å²) in [5, 5.41) is 0. The minimum absolute atomic E-state index is 0.0210. The Kier molecular flexibility index (Phi) is 3.23. The molecule has 6 heterocycles. The van der Waals surface area contributed by atoms with Crippen LogP contribution in [0.15, 0.2) is 0 Å². The summed E-state index contributed by atoms with van der Waals surface area (Å²) in [6.07, 6.45) is -0.375. The molecule has 5 atom stereocenters. The molecule has 6 aliphatic heterocycles. The molecule has 0 spiro atoms. The van der Waals surface area contributed by atoms with E-state index in [1.165, 1.54) is 0 Å². The van der Waals surface area contributed by atoms with Gasteiger partial charge in [-0.15, -0.1) is 0 Å². The van der Waals surface area contributed by atoms with Gasteiger partial charge in [0.2, 0.25) is 0 Å². The average molecular weight is 366 g/mol. The van der Waals surface area contributed by atoms with E-state index in [-0.39, 0.29) is 48.7 Å². The molecule has 6 rings (SSSR count). The quantitative estimate of drug-likeness (QED) is 0.521. The van der Waals surface area contributed by atoms with Gasteiger partial charge in [-0.1, -0.05) is 0 Å². The Morgan fingerprint density at radius 2 is 1.15 bits per heavy atom. The molecule has 0 aliphatic carbocycles. The Hall–Kier alpha value is -1.62. The Balaban J connectivity index is 1.35. The predicted molar refractivity (Wildman–Crippen MR) is 84.2 cm³/mol. The maximum absolute atomic E-state index is 13.2. The standard InChI is InChI=1S/C16H22N4O6/c21-15-17(1-10-6-24-10)13-14(19(15)3-12-8-26-12)20(9-4-23-5-9)16(22)18(13)2-11-7-25-11/h9-14H,1-8H2. The number of urea groups is 2. The SMILES string of the molecule is O=C1N(CC2CO2)C2C(N1CC1CO1)N(C1COC1)C(=O)N2CC1CO1. The smallest absolute Gasteiger partial charge is 0.324 e. The van der Waals surface area contributed by atoms with Crippen molar-refractivity contribution in [2.24, 2.45) is 0 Å². The summed E-state index contributed by atoms with van der Waals surface area (Å²) in [4.78, 5) is 33.7. The van der Waals surface area contributed by atoms with Crippen LogP contribution in [0, 0.1) is 0 Å². The van der Waals surface area contributed by atoms with Gasteiger partial charge < -0.3 is 18.9 Å². The van der Waals surface area contributed by atoms with Crippen molar-refractivity contribution in [3.05, 3.63) is 0 Å². The van der Waals surface area contributed by atoms with Gasteiger partial charge in [0.25, 0.3) is 0 Å². The summed E-state index contributed by atoms with van der Waals surface area (Å²) >= 11 is 0. The Morgan fingerprint density at radius 1 is 0.692 bits per heavy atom. The number of nitrogens with zero attached hydrogens (tertiary/aromatic N) is 4. The predicted octanol–water partition coefficient (Wildman–Crippen LogP) is -1.29. The molecular formula is C16H22N4O6. The normalized spacial score (nSPS) is 41.0. The number of fused-ring (bicyclic) bond motifs is 1. The van der Waals surface area contributed by atoms with Gasteiger partial charge in [-0.2, -0.15) is 0 Å². The molecule has 0 saturated carbocycles. The van der Waals surface area contributed by atoms with Crippen molar-refractivity contribution in [2.75, 3.05) is 52.7 Å². The molecular weight excluding hydrogens is 344 g/mol. The van der Waals surface area contributed by atoms with Gasteiger partial charge in [0, 0.05) is 0 Å². The number of rotatable bonds is 7. The van der Waals surface area contributed by atoms with E-state index in [0.29, 0.717) is 52.7 Å². The van der Waals surface area contributed by atoms with Crippen LogP contribution in [0.4, 0.5) is 9.59 Å². The zero-order chi connectivity index (χ0) is 17.4. The zero-order valence-corrected chi connectivity index (χ0v) is 14.4. The third kappa shape index (κ3) is 2.39. The second kappa shape index (κ2) is 5.44. The molecule has 142 valence electrons. The fraction of sp³-hybridized carbons (Fsp3) is 0.875. The van der Waals surface area contributed by atoms with Gasteiger partial charge in [0.15, 0.2) is 0 Å². The van der Waals surface area contributed by atoms with Crippen LogP contribution in [0.5, 0.6) is 0 Å². The van der Waals surface area contributed by atoms with Gasteiger partial charge >= 0.3 is 12.1 Å². The fourth-order valence-electron chi connectivity index (χ4n) is 4.20. The topological polar surface area (TPSA) is 93.9 Å². The van der Waals surface area contributed by atoms with Gasteiger partial charge in [-0.25, -0.2) is 9.59 Å². The number of hydrogen-bond acceptors (Lipinski definition) is 6. The van der Waals surface area contributed by atoms with Crippen molar-refractivity contribution in [3.63, 3.8) is 0 Å². The van der Waals surface area contributed by atoms with Crippen LogP contribution < -0.4 is 0 Å². The molecule has 0 aromatic rings. The van der Waals surface area contributed by atoms with E-state index in [2.05, 4.69) is 0 Å². The molecule has 5 unspecified atom stereocenters. The molecule has 10 nitrogen and oxygen atoms in total. The Labute approximate surface area is 150 Å². The van der Waals surface area contributed by atoms with Crippen molar-refractivity contribution in [1.82, 2.24) is 19.6 Å². The highest BCUT2D eigenvalue weighted by Gasteiger charge is 2.62. The van der Waals surface area contributed by atoms with Crippen molar-refractivity contribution >= 4 is 12.1 Å². The Morgan fingerprint density at radius 3 is 1.58 bits per heavy atom. The summed E-state index contributed by atoms with van der Waals surface area (Å²) in [7, 11) is 0. The van der Waals surface area contributed by atoms with E-state index in [1.54, 1.807) is 0 Å². The minimum Gasteiger partial charge on any atom is -0.377 e. The summed E-state index contributed by atoms with van der Waals surface area (Å²) in [5.74, 6) is 0. The molecule has 0 aromatic carbocycles. The van der Waals surface area contributed by atoms with Crippen molar-refractivity contribution in [1.29, 1.82) is 0 Å². The molecule has 10 heteroatoms. The van der Waals surface area contributed by atoms with Crippen molar-refractivity contribution < 1.29 is 28.5 Å². The van der Waals surface area contributed by atoms with Crippen LogP contribution in [0.25, 0.3) is 0 Å². The second-order valence-electron chi connectivity index (χ2n) is 7.81. The highest BCUT2D eigenvalue weighted by atomic mass is 16.6. The van der Waals surface area contributed by atoms with Crippen LogP contribution in [-0.2, 0) is 18.9 Å². The average Bonchev–Trinajstić information content (AvgIpc) is 3.43. The monoisotopic (exact) mass is 366 g/mol. The summed E-state index contributed by atoms with van der Waals surface area (Å²) < 4.78 is 21.4. The second-order valence-corrected chi connectivity index (χ2v) is 7.81. The molecule has 0 bridgehead atoms. The number of ether oxygens (including phenoxy) is 4. The first kappa shape index (κ1) is 15.4. The highest BCUT2D eigenvalue weighted by Crippen LogP contribution is 2.39. The minimum atomic E-state index is -0.303. The van der Waals surface area contributed by atoms with E-state index in [4.69, 9.17) is 18.9 Å². The van der Waals surface area contributed by atoms with Gasteiger partial charge in [-0.05, 0) is 0 Å². The maximum Gasteiger partial charge on any atom is 0.324 e. The lowest BCUT2D eigenvalue weighted by molar-refractivity contribution is -0.0690. The lowest BCUT2D eigenvalue weighted by atomic mass is 10.2. The summed E-state index contributed by atoms with van der Waals surface area (Å²) in [6.45, 7) is 4.63. The number of epoxide rings is 3. The molecule has 26 heavy (non-hydrogen) atoms. The fourth-order valence-corrected chi connectivity index (χ4v) is 4.20. The van der Waals surface area contributed by atoms with Crippen molar-refractivity contribution in [2.45, 2.75) is 36.7 Å². The first-order chi connectivity index (χ1) is 12.7.